The van der Waals surface area contributed by atoms with E-state index in [0.29, 0.717) is 13.0 Å². The number of hydrogen-bond acceptors (Lipinski definition) is 3. The summed E-state index contributed by atoms with van der Waals surface area (Å²) < 4.78 is 0. The lowest BCUT2D eigenvalue weighted by Gasteiger charge is -2.26. The van der Waals surface area contributed by atoms with Gasteiger partial charge < -0.3 is 10.2 Å². The maximum atomic E-state index is 12.8. The molecule has 2 unspecified atom stereocenters. The van der Waals surface area contributed by atoms with E-state index in [0.717, 1.165) is 17.7 Å². The van der Waals surface area contributed by atoms with Crippen molar-refractivity contribution in [3.8, 4) is 0 Å². The number of likely N-dealkylation sites (tertiary alicyclic amines) is 1. The van der Waals surface area contributed by atoms with Crippen molar-refractivity contribution in [2.24, 2.45) is 0 Å². The van der Waals surface area contributed by atoms with Gasteiger partial charge in [0.15, 0.2) is 0 Å². The second kappa shape index (κ2) is 7.25. The number of rotatable bonds is 4. The van der Waals surface area contributed by atoms with Gasteiger partial charge in [0.05, 0.1) is 11.7 Å². The van der Waals surface area contributed by atoms with E-state index in [9.17, 15) is 9.59 Å². The first-order chi connectivity index (χ1) is 11.7. The Bertz CT molecular complexity index is 664. The zero-order valence-electron chi connectivity index (χ0n) is 13.7. The molecule has 24 heavy (non-hydrogen) atoms. The summed E-state index contributed by atoms with van der Waals surface area (Å²) in [7, 11) is 0. The molecule has 2 aromatic rings. The Labute approximate surface area is 141 Å². The van der Waals surface area contributed by atoms with Gasteiger partial charge in [-0.3, -0.25) is 14.6 Å². The summed E-state index contributed by atoms with van der Waals surface area (Å²) in [6.07, 6.45) is 3.28. The van der Waals surface area contributed by atoms with Gasteiger partial charge in [-0.25, -0.2) is 0 Å². The lowest BCUT2D eigenvalue weighted by Crippen LogP contribution is -2.46. The molecule has 0 aliphatic carbocycles. The van der Waals surface area contributed by atoms with Gasteiger partial charge in [-0.05, 0) is 30.5 Å². The average Bonchev–Trinajstić information content (AvgIpc) is 3.11. The fourth-order valence-electron chi connectivity index (χ4n) is 3.17. The molecule has 0 bridgehead atoms. The van der Waals surface area contributed by atoms with E-state index in [-0.39, 0.29) is 17.9 Å². The molecule has 1 N–H and O–H groups in total. The van der Waals surface area contributed by atoms with E-state index in [4.69, 9.17) is 0 Å². The highest BCUT2D eigenvalue weighted by Gasteiger charge is 2.33. The maximum Gasteiger partial charge on any atom is 0.243 e. The number of hydrogen-bond donors (Lipinski definition) is 1. The van der Waals surface area contributed by atoms with Crippen LogP contribution in [0.25, 0.3) is 0 Å². The normalized spacial score (nSPS) is 18.2. The molecule has 1 aromatic carbocycles. The zero-order valence-corrected chi connectivity index (χ0v) is 13.7. The average molecular weight is 323 g/mol. The van der Waals surface area contributed by atoms with Crippen LogP contribution in [0.4, 0.5) is 0 Å². The van der Waals surface area contributed by atoms with Crippen LogP contribution in [0.3, 0.4) is 0 Å². The highest BCUT2D eigenvalue weighted by atomic mass is 16.2. The van der Waals surface area contributed by atoms with Crippen molar-refractivity contribution in [3.63, 3.8) is 0 Å². The lowest BCUT2D eigenvalue weighted by atomic mass is 10.0. The number of benzene rings is 1. The summed E-state index contributed by atoms with van der Waals surface area (Å²) in [6.45, 7) is 2.16. The Morgan fingerprint density at radius 1 is 1.17 bits per heavy atom. The molecule has 1 saturated heterocycles. The summed E-state index contributed by atoms with van der Waals surface area (Å²) in [5.74, 6) is -0.177. The highest BCUT2D eigenvalue weighted by Crippen LogP contribution is 2.23. The maximum absolute atomic E-state index is 12.8. The Kier molecular flexibility index (Phi) is 4.89. The molecule has 1 aliphatic rings. The first-order valence-corrected chi connectivity index (χ1v) is 8.20. The third kappa shape index (κ3) is 3.45. The van der Waals surface area contributed by atoms with E-state index in [1.807, 2.05) is 48.5 Å². The second-order valence-electron chi connectivity index (χ2n) is 5.98. The third-order valence-electron chi connectivity index (χ3n) is 4.36. The summed E-state index contributed by atoms with van der Waals surface area (Å²) in [6, 6.07) is 14.7. The Morgan fingerprint density at radius 3 is 2.58 bits per heavy atom. The fourth-order valence-corrected chi connectivity index (χ4v) is 3.17. The molecule has 2 heterocycles. The van der Waals surface area contributed by atoms with Crippen molar-refractivity contribution < 1.29 is 9.59 Å². The number of nitrogens with zero attached hydrogens (tertiary/aromatic N) is 2. The second-order valence-corrected chi connectivity index (χ2v) is 5.98. The molecule has 1 aliphatic heterocycles. The van der Waals surface area contributed by atoms with Crippen molar-refractivity contribution in [2.75, 3.05) is 6.54 Å². The Balaban J connectivity index is 1.85. The highest BCUT2D eigenvalue weighted by molar-refractivity contribution is 5.87. The van der Waals surface area contributed by atoms with Crippen LogP contribution >= 0.6 is 0 Å². The number of aromatic nitrogens is 1. The monoisotopic (exact) mass is 323 g/mol. The number of amides is 2. The van der Waals surface area contributed by atoms with Crippen LogP contribution in [0.5, 0.6) is 0 Å². The molecule has 0 saturated carbocycles. The Hall–Kier alpha value is -2.69. The minimum absolute atomic E-state index is 0.0539. The summed E-state index contributed by atoms with van der Waals surface area (Å²) in [5.41, 5.74) is 1.75. The molecular formula is C19H21N3O2. The minimum atomic E-state index is -0.391. The third-order valence-corrected chi connectivity index (χ3v) is 4.36. The predicted octanol–water partition coefficient (Wildman–Crippen LogP) is 2.30. The van der Waals surface area contributed by atoms with Crippen molar-refractivity contribution in [1.29, 1.82) is 0 Å². The first kappa shape index (κ1) is 16.2. The van der Waals surface area contributed by atoms with Crippen molar-refractivity contribution in [1.82, 2.24) is 15.2 Å². The quantitative estimate of drug-likeness (QED) is 0.939. The van der Waals surface area contributed by atoms with Crippen LogP contribution in [0.1, 0.15) is 37.1 Å². The van der Waals surface area contributed by atoms with E-state index in [1.165, 1.54) is 6.92 Å². The van der Waals surface area contributed by atoms with Crippen molar-refractivity contribution >= 4 is 11.8 Å². The van der Waals surface area contributed by atoms with Crippen molar-refractivity contribution in [3.05, 3.63) is 66.0 Å². The molecule has 1 fully saturated rings. The van der Waals surface area contributed by atoms with Crippen LogP contribution in [-0.2, 0) is 9.59 Å². The predicted molar refractivity (Wildman–Crippen MR) is 91.1 cm³/mol. The van der Waals surface area contributed by atoms with Crippen molar-refractivity contribution in [2.45, 2.75) is 31.8 Å². The molecule has 5 nitrogen and oxygen atoms in total. The van der Waals surface area contributed by atoms with Crippen LogP contribution in [-0.4, -0.2) is 34.3 Å². The molecule has 2 amide bonds. The first-order valence-electron chi connectivity index (χ1n) is 8.20. The number of carbonyl (C=O) groups is 2. The van der Waals surface area contributed by atoms with Crippen LogP contribution in [0.2, 0.25) is 0 Å². The van der Waals surface area contributed by atoms with Crippen LogP contribution < -0.4 is 5.32 Å². The summed E-state index contributed by atoms with van der Waals surface area (Å²) in [5, 5.41) is 3.08. The van der Waals surface area contributed by atoms with Gasteiger partial charge >= 0.3 is 0 Å². The number of carbonyl (C=O) groups excluding carboxylic acids is 2. The molecule has 3 rings (SSSR count). The number of pyridine rings is 1. The molecule has 5 heteroatoms. The van der Waals surface area contributed by atoms with E-state index in [1.54, 1.807) is 11.1 Å². The largest absolute Gasteiger partial charge is 0.342 e. The van der Waals surface area contributed by atoms with Gasteiger partial charge in [0, 0.05) is 19.7 Å². The van der Waals surface area contributed by atoms with Gasteiger partial charge in [0.2, 0.25) is 11.8 Å². The van der Waals surface area contributed by atoms with E-state index in [2.05, 4.69) is 10.3 Å². The summed E-state index contributed by atoms with van der Waals surface area (Å²) in [4.78, 5) is 30.5. The zero-order chi connectivity index (χ0) is 16.9. The molecular weight excluding hydrogens is 302 g/mol. The van der Waals surface area contributed by atoms with Crippen LogP contribution in [0, 0.1) is 0 Å². The molecule has 1 aromatic heterocycles. The van der Waals surface area contributed by atoms with Gasteiger partial charge in [-0.2, -0.15) is 0 Å². The van der Waals surface area contributed by atoms with Crippen LogP contribution in [0.15, 0.2) is 54.7 Å². The Morgan fingerprint density at radius 2 is 1.92 bits per heavy atom. The number of nitrogens with one attached hydrogen (secondary N) is 1. The lowest BCUT2D eigenvalue weighted by molar-refractivity contribution is -0.137. The molecule has 124 valence electrons. The SMILES string of the molecule is CC(=O)N1CCCC1C(=O)NC(c1ccccc1)c1ccccn1. The topological polar surface area (TPSA) is 62.3 Å². The van der Waals surface area contributed by atoms with Gasteiger partial charge in [-0.15, -0.1) is 0 Å². The van der Waals surface area contributed by atoms with Gasteiger partial charge in [0.25, 0.3) is 0 Å². The van der Waals surface area contributed by atoms with Gasteiger partial charge in [-0.1, -0.05) is 36.4 Å². The van der Waals surface area contributed by atoms with E-state index >= 15 is 0 Å². The standard InChI is InChI=1S/C19H21N3O2/c1-14(23)22-13-7-11-17(22)19(24)21-18(15-8-3-2-4-9-15)16-10-5-6-12-20-16/h2-6,8-10,12,17-18H,7,11,13H2,1H3,(H,21,24). The minimum Gasteiger partial charge on any atom is -0.342 e. The molecule has 0 radical (unpaired) electrons. The fraction of sp³-hybridized carbons (Fsp3) is 0.316. The smallest absolute Gasteiger partial charge is 0.243 e. The van der Waals surface area contributed by atoms with E-state index < -0.39 is 6.04 Å². The summed E-state index contributed by atoms with van der Waals surface area (Å²) >= 11 is 0. The molecule has 0 spiro atoms. The molecule has 2 atom stereocenters. The van der Waals surface area contributed by atoms with Gasteiger partial charge in [0.1, 0.15) is 6.04 Å².